The first-order valence-electron chi connectivity index (χ1n) is 6.53. The monoisotopic (exact) mass is 268 g/mol. The minimum absolute atomic E-state index is 0.0451. The lowest BCUT2D eigenvalue weighted by molar-refractivity contribution is 0.116. The van der Waals surface area contributed by atoms with E-state index in [1.165, 1.54) is 0 Å². The molecule has 0 aromatic carbocycles. The van der Waals surface area contributed by atoms with Crippen LogP contribution in [0.1, 0.15) is 32.6 Å². The molecule has 1 aromatic rings. The number of nitrogens with two attached hydrogens (primary N) is 1. The smallest absolute Gasteiger partial charge is 0.323 e. The van der Waals surface area contributed by atoms with Crippen LogP contribution in [0.15, 0.2) is 0 Å². The molecule has 8 nitrogen and oxygen atoms in total. The molecule has 0 saturated heterocycles. The van der Waals surface area contributed by atoms with Gasteiger partial charge in [-0.15, -0.1) is 0 Å². The van der Waals surface area contributed by atoms with E-state index >= 15 is 0 Å². The van der Waals surface area contributed by atoms with Crippen LogP contribution >= 0.6 is 0 Å². The molecule has 5 N–H and O–H groups in total. The number of hydrogen-bond acceptors (Lipinski definition) is 8. The van der Waals surface area contributed by atoms with Gasteiger partial charge in [-0.05, 0) is 19.8 Å². The third-order valence-corrected chi connectivity index (χ3v) is 3.06. The summed E-state index contributed by atoms with van der Waals surface area (Å²) in [5.74, 6) is 5.90. The zero-order valence-electron chi connectivity index (χ0n) is 11.0. The number of nitrogens with zero attached hydrogens (tertiary/aromatic N) is 3. The van der Waals surface area contributed by atoms with Crippen LogP contribution in [-0.4, -0.2) is 38.8 Å². The van der Waals surface area contributed by atoms with Gasteiger partial charge in [0, 0.05) is 0 Å². The molecule has 0 aliphatic heterocycles. The van der Waals surface area contributed by atoms with Gasteiger partial charge in [0.1, 0.15) is 0 Å². The van der Waals surface area contributed by atoms with Crippen molar-refractivity contribution in [2.75, 3.05) is 17.3 Å². The lowest BCUT2D eigenvalue weighted by Gasteiger charge is -2.28. The molecule has 1 heterocycles. The summed E-state index contributed by atoms with van der Waals surface area (Å²) in [4.78, 5) is 12.2. The van der Waals surface area contributed by atoms with E-state index in [1.807, 2.05) is 6.92 Å². The highest BCUT2D eigenvalue weighted by molar-refractivity contribution is 5.36. The quantitative estimate of drug-likeness (QED) is 0.444. The van der Waals surface area contributed by atoms with Crippen LogP contribution in [0, 0.1) is 0 Å². The summed E-state index contributed by atoms with van der Waals surface area (Å²) in [7, 11) is 0. The van der Waals surface area contributed by atoms with Gasteiger partial charge < -0.3 is 15.2 Å². The van der Waals surface area contributed by atoms with Crippen molar-refractivity contribution in [2.24, 2.45) is 5.84 Å². The zero-order chi connectivity index (χ0) is 13.7. The lowest BCUT2D eigenvalue weighted by Crippen LogP contribution is -2.37. The normalized spacial score (nSPS) is 22.9. The average Bonchev–Trinajstić information content (AvgIpc) is 2.41. The predicted octanol–water partition coefficient (Wildman–Crippen LogP) is 0.271. The van der Waals surface area contributed by atoms with Gasteiger partial charge in [0.2, 0.25) is 11.9 Å². The lowest BCUT2D eigenvalue weighted by atomic mass is 9.93. The number of hydrogen-bond donors (Lipinski definition) is 4. The number of aromatic nitrogens is 3. The molecule has 0 bridgehead atoms. The van der Waals surface area contributed by atoms with Gasteiger partial charge in [0.25, 0.3) is 0 Å². The van der Waals surface area contributed by atoms with Crippen LogP contribution in [0.3, 0.4) is 0 Å². The van der Waals surface area contributed by atoms with Gasteiger partial charge >= 0.3 is 6.01 Å². The fourth-order valence-electron chi connectivity index (χ4n) is 2.12. The summed E-state index contributed by atoms with van der Waals surface area (Å²) in [5, 5.41) is 13.0. The minimum atomic E-state index is -0.379. The SMILES string of the molecule is CCOc1nc(NN)nc(NC2CCCCC2O)n1. The first kappa shape index (κ1) is 13.8. The number of nitrogens with one attached hydrogen (secondary N) is 2. The first-order chi connectivity index (χ1) is 9.22. The van der Waals surface area contributed by atoms with Gasteiger partial charge in [0.15, 0.2) is 0 Å². The molecule has 1 aliphatic rings. The number of hydrazine groups is 1. The average molecular weight is 268 g/mol. The van der Waals surface area contributed by atoms with Gasteiger partial charge in [-0.1, -0.05) is 12.8 Å². The van der Waals surface area contributed by atoms with Crippen molar-refractivity contribution < 1.29 is 9.84 Å². The van der Waals surface area contributed by atoms with E-state index in [-0.39, 0.29) is 24.1 Å². The number of ether oxygens (including phenoxy) is 1. The third kappa shape index (κ3) is 3.65. The molecule has 1 aliphatic carbocycles. The van der Waals surface area contributed by atoms with Crippen LogP contribution in [0.25, 0.3) is 0 Å². The third-order valence-electron chi connectivity index (χ3n) is 3.06. The summed E-state index contributed by atoms with van der Waals surface area (Å²) in [6.45, 7) is 2.30. The number of anilines is 2. The van der Waals surface area contributed by atoms with Crippen molar-refractivity contribution in [1.29, 1.82) is 0 Å². The number of aliphatic hydroxyl groups is 1. The topological polar surface area (TPSA) is 118 Å². The van der Waals surface area contributed by atoms with Crippen molar-refractivity contribution in [3.05, 3.63) is 0 Å². The van der Waals surface area contributed by atoms with E-state index in [0.717, 1.165) is 25.7 Å². The Morgan fingerprint density at radius 1 is 1.26 bits per heavy atom. The number of aliphatic hydroxyl groups excluding tert-OH is 1. The predicted molar refractivity (Wildman–Crippen MR) is 70.7 cm³/mol. The molecule has 0 spiro atoms. The van der Waals surface area contributed by atoms with Gasteiger partial charge in [-0.3, -0.25) is 5.43 Å². The molecule has 1 aromatic heterocycles. The van der Waals surface area contributed by atoms with Crippen LogP contribution in [0.5, 0.6) is 6.01 Å². The molecule has 2 atom stereocenters. The summed E-state index contributed by atoms with van der Waals surface area (Å²) < 4.78 is 5.24. The van der Waals surface area contributed by atoms with E-state index in [1.54, 1.807) is 0 Å². The van der Waals surface area contributed by atoms with Crippen LogP contribution in [0.2, 0.25) is 0 Å². The van der Waals surface area contributed by atoms with Crippen LogP contribution in [-0.2, 0) is 0 Å². The second-order valence-electron chi connectivity index (χ2n) is 4.45. The van der Waals surface area contributed by atoms with Gasteiger partial charge in [-0.25, -0.2) is 5.84 Å². The Morgan fingerprint density at radius 2 is 2.00 bits per heavy atom. The molecule has 106 valence electrons. The van der Waals surface area contributed by atoms with Crippen molar-refractivity contribution >= 4 is 11.9 Å². The molecule has 0 radical (unpaired) electrons. The minimum Gasteiger partial charge on any atom is -0.464 e. The Labute approximate surface area is 111 Å². The fourth-order valence-corrected chi connectivity index (χ4v) is 2.12. The number of nitrogen functional groups attached to an aromatic ring is 1. The van der Waals surface area contributed by atoms with E-state index in [4.69, 9.17) is 10.6 Å². The summed E-state index contributed by atoms with van der Waals surface area (Å²) in [6.07, 6.45) is 3.44. The standard InChI is InChI=1S/C11H20N6O2/c1-2-19-11-15-9(14-10(16-11)17-12)13-7-5-3-4-6-8(7)18/h7-8,18H,2-6,12H2,1H3,(H2,13,14,15,16,17). The maximum Gasteiger partial charge on any atom is 0.323 e. The van der Waals surface area contributed by atoms with Gasteiger partial charge in [-0.2, -0.15) is 15.0 Å². The summed E-state index contributed by atoms with van der Waals surface area (Å²) in [5.41, 5.74) is 2.37. The van der Waals surface area contributed by atoms with Crippen molar-refractivity contribution in [1.82, 2.24) is 15.0 Å². The molecular weight excluding hydrogens is 248 g/mol. The molecule has 19 heavy (non-hydrogen) atoms. The van der Waals surface area contributed by atoms with Crippen molar-refractivity contribution in [3.63, 3.8) is 0 Å². The Balaban J connectivity index is 2.11. The van der Waals surface area contributed by atoms with E-state index in [9.17, 15) is 5.11 Å². The molecule has 8 heteroatoms. The Morgan fingerprint density at radius 3 is 2.68 bits per heavy atom. The van der Waals surface area contributed by atoms with E-state index in [2.05, 4.69) is 25.7 Å². The molecule has 1 saturated carbocycles. The molecule has 0 amide bonds. The maximum absolute atomic E-state index is 9.92. The Bertz CT molecular complexity index is 416. The molecule has 2 rings (SSSR count). The highest BCUT2D eigenvalue weighted by Crippen LogP contribution is 2.21. The Hall–Kier alpha value is -1.67. The second kappa shape index (κ2) is 6.48. The number of rotatable bonds is 5. The maximum atomic E-state index is 9.92. The molecule has 1 fully saturated rings. The highest BCUT2D eigenvalue weighted by Gasteiger charge is 2.24. The van der Waals surface area contributed by atoms with Crippen LogP contribution in [0.4, 0.5) is 11.9 Å². The second-order valence-corrected chi connectivity index (χ2v) is 4.45. The van der Waals surface area contributed by atoms with E-state index < -0.39 is 0 Å². The van der Waals surface area contributed by atoms with Crippen molar-refractivity contribution in [2.45, 2.75) is 44.8 Å². The molecule has 2 unspecified atom stereocenters. The van der Waals surface area contributed by atoms with Crippen LogP contribution < -0.4 is 21.3 Å². The van der Waals surface area contributed by atoms with Gasteiger partial charge in [0.05, 0.1) is 18.8 Å². The first-order valence-corrected chi connectivity index (χ1v) is 6.53. The largest absolute Gasteiger partial charge is 0.464 e. The Kier molecular flexibility index (Phi) is 4.69. The fraction of sp³-hybridized carbons (Fsp3) is 0.727. The van der Waals surface area contributed by atoms with E-state index in [0.29, 0.717) is 12.6 Å². The highest BCUT2D eigenvalue weighted by atomic mass is 16.5. The zero-order valence-corrected chi connectivity index (χ0v) is 11.0. The summed E-state index contributed by atoms with van der Waals surface area (Å²) in [6, 6.07) is 0.162. The molecular formula is C11H20N6O2. The van der Waals surface area contributed by atoms with Crippen molar-refractivity contribution in [3.8, 4) is 6.01 Å². The summed E-state index contributed by atoms with van der Waals surface area (Å²) >= 11 is 0.